The van der Waals surface area contributed by atoms with Crippen LogP contribution in [-0.4, -0.2) is 38.4 Å². The molecule has 104 valence electrons. The SMILES string of the molecule is CCCNc1ccccc1NC(=O)C1COCCO1. The van der Waals surface area contributed by atoms with E-state index in [1.165, 1.54) is 0 Å². The average molecular weight is 264 g/mol. The van der Waals surface area contributed by atoms with Crippen molar-refractivity contribution in [3.63, 3.8) is 0 Å². The lowest BCUT2D eigenvalue weighted by Crippen LogP contribution is -2.39. The van der Waals surface area contributed by atoms with E-state index in [0.29, 0.717) is 19.8 Å². The lowest BCUT2D eigenvalue weighted by Gasteiger charge is -2.22. The van der Waals surface area contributed by atoms with Gasteiger partial charge in [0.25, 0.3) is 5.91 Å². The van der Waals surface area contributed by atoms with Crippen molar-refractivity contribution < 1.29 is 14.3 Å². The van der Waals surface area contributed by atoms with E-state index in [0.717, 1.165) is 24.3 Å². The van der Waals surface area contributed by atoms with Gasteiger partial charge < -0.3 is 20.1 Å². The van der Waals surface area contributed by atoms with Crippen LogP contribution >= 0.6 is 0 Å². The summed E-state index contributed by atoms with van der Waals surface area (Å²) in [6, 6.07) is 7.65. The van der Waals surface area contributed by atoms with Gasteiger partial charge in [0.15, 0.2) is 6.10 Å². The topological polar surface area (TPSA) is 59.6 Å². The third-order valence-corrected chi connectivity index (χ3v) is 2.86. The Labute approximate surface area is 113 Å². The number of carbonyl (C=O) groups is 1. The molecule has 1 unspecified atom stereocenters. The number of rotatable bonds is 5. The summed E-state index contributed by atoms with van der Waals surface area (Å²) in [7, 11) is 0. The monoisotopic (exact) mass is 264 g/mol. The first kappa shape index (κ1) is 13.8. The fourth-order valence-electron chi connectivity index (χ4n) is 1.86. The van der Waals surface area contributed by atoms with Crippen LogP contribution < -0.4 is 10.6 Å². The van der Waals surface area contributed by atoms with E-state index in [9.17, 15) is 4.79 Å². The Morgan fingerprint density at radius 3 is 2.79 bits per heavy atom. The summed E-state index contributed by atoms with van der Waals surface area (Å²) in [6.07, 6.45) is 0.509. The summed E-state index contributed by atoms with van der Waals surface area (Å²) in [5.41, 5.74) is 1.70. The fraction of sp³-hybridized carbons (Fsp3) is 0.500. The second kappa shape index (κ2) is 7.11. The summed E-state index contributed by atoms with van der Waals surface area (Å²) in [4.78, 5) is 12.0. The Bertz CT molecular complexity index is 417. The maximum Gasteiger partial charge on any atom is 0.255 e. The van der Waals surface area contributed by atoms with Gasteiger partial charge in [0.2, 0.25) is 0 Å². The Hall–Kier alpha value is -1.59. The van der Waals surface area contributed by atoms with E-state index in [2.05, 4.69) is 17.6 Å². The normalized spacial score (nSPS) is 18.9. The highest BCUT2D eigenvalue weighted by atomic mass is 16.6. The van der Waals surface area contributed by atoms with Gasteiger partial charge in [-0.05, 0) is 18.6 Å². The number of ether oxygens (including phenoxy) is 2. The first-order chi connectivity index (χ1) is 9.31. The summed E-state index contributed by atoms with van der Waals surface area (Å²) >= 11 is 0. The Kier molecular flexibility index (Phi) is 5.18. The molecule has 1 aliphatic heterocycles. The van der Waals surface area contributed by atoms with E-state index in [1.54, 1.807) is 0 Å². The number of carbonyl (C=O) groups excluding carboxylic acids is 1. The number of hydrogen-bond acceptors (Lipinski definition) is 4. The minimum atomic E-state index is -0.520. The molecule has 0 aromatic heterocycles. The van der Waals surface area contributed by atoms with Gasteiger partial charge in [0.1, 0.15) is 0 Å². The number of amides is 1. The molecule has 1 heterocycles. The van der Waals surface area contributed by atoms with Gasteiger partial charge in [-0.3, -0.25) is 4.79 Å². The Balaban J connectivity index is 1.99. The van der Waals surface area contributed by atoms with Gasteiger partial charge >= 0.3 is 0 Å². The van der Waals surface area contributed by atoms with Crippen molar-refractivity contribution >= 4 is 17.3 Å². The predicted octanol–water partition coefficient (Wildman–Crippen LogP) is 1.86. The molecule has 0 bridgehead atoms. The van der Waals surface area contributed by atoms with Crippen LogP contribution in [0, 0.1) is 0 Å². The molecule has 1 aromatic carbocycles. The first-order valence-electron chi connectivity index (χ1n) is 6.64. The van der Waals surface area contributed by atoms with Crippen LogP contribution in [0.1, 0.15) is 13.3 Å². The van der Waals surface area contributed by atoms with E-state index in [4.69, 9.17) is 9.47 Å². The number of para-hydroxylation sites is 2. The van der Waals surface area contributed by atoms with Gasteiger partial charge in [-0.25, -0.2) is 0 Å². The quantitative estimate of drug-likeness (QED) is 0.852. The van der Waals surface area contributed by atoms with E-state index < -0.39 is 6.10 Å². The van der Waals surface area contributed by atoms with Crippen LogP contribution in [-0.2, 0) is 14.3 Å². The highest BCUT2D eigenvalue weighted by Gasteiger charge is 2.23. The number of benzene rings is 1. The maximum absolute atomic E-state index is 12.0. The van der Waals surface area contributed by atoms with Crippen molar-refractivity contribution in [2.45, 2.75) is 19.4 Å². The van der Waals surface area contributed by atoms with Crippen LogP contribution in [0.2, 0.25) is 0 Å². The maximum atomic E-state index is 12.0. The van der Waals surface area contributed by atoms with Gasteiger partial charge in [-0.2, -0.15) is 0 Å². The first-order valence-corrected chi connectivity index (χ1v) is 6.64. The molecular formula is C14H20N2O3. The number of anilines is 2. The molecule has 1 aromatic rings. The van der Waals surface area contributed by atoms with Crippen LogP contribution in [0.5, 0.6) is 0 Å². The lowest BCUT2D eigenvalue weighted by atomic mass is 10.2. The Morgan fingerprint density at radius 1 is 1.32 bits per heavy atom. The van der Waals surface area contributed by atoms with Gasteiger partial charge in [-0.1, -0.05) is 19.1 Å². The Morgan fingerprint density at radius 2 is 2.11 bits per heavy atom. The molecule has 0 saturated carbocycles. The zero-order valence-corrected chi connectivity index (χ0v) is 11.1. The highest BCUT2D eigenvalue weighted by Crippen LogP contribution is 2.21. The molecule has 5 heteroatoms. The summed E-state index contributed by atoms with van der Waals surface area (Å²) < 4.78 is 10.6. The van der Waals surface area contributed by atoms with Crippen molar-refractivity contribution in [2.24, 2.45) is 0 Å². The molecule has 1 fully saturated rings. The minimum Gasteiger partial charge on any atom is -0.383 e. The lowest BCUT2D eigenvalue weighted by molar-refractivity contribution is -0.142. The van der Waals surface area contributed by atoms with Gasteiger partial charge in [0.05, 0.1) is 31.2 Å². The molecule has 1 atom stereocenters. The van der Waals surface area contributed by atoms with Crippen molar-refractivity contribution in [3.8, 4) is 0 Å². The van der Waals surface area contributed by atoms with Crippen LogP contribution in [0.4, 0.5) is 11.4 Å². The molecular weight excluding hydrogens is 244 g/mol. The second-order valence-corrected chi connectivity index (χ2v) is 4.40. The van der Waals surface area contributed by atoms with Crippen molar-refractivity contribution in [2.75, 3.05) is 37.0 Å². The van der Waals surface area contributed by atoms with Crippen LogP contribution in [0.3, 0.4) is 0 Å². The zero-order valence-electron chi connectivity index (χ0n) is 11.1. The molecule has 1 aliphatic rings. The van der Waals surface area contributed by atoms with E-state index >= 15 is 0 Å². The summed E-state index contributed by atoms with van der Waals surface area (Å²) in [5.74, 6) is -0.162. The molecule has 2 rings (SSSR count). The van der Waals surface area contributed by atoms with Gasteiger partial charge in [0, 0.05) is 6.54 Å². The van der Waals surface area contributed by atoms with E-state index in [-0.39, 0.29) is 5.91 Å². The average Bonchev–Trinajstić information content (AvgIpc) is 2.47. The van der Waals surface area contributed by atoms with Gasteiger partial charge in [-0.15, -0.1) is 0 Å². The highest BCUT2D eigenvalue weighted by molar-refractivity contribution is 5.97. The fourth-order valence-corrected chi connectivity index (χ4v) is 1.86. The molecule has 5 nitrogen and oxygen atoms in total. The minimum absolute atomic E-state index is 0.162. The molecule has 0 aliphatic carbocycles. The summed E-state index contributed by atoms with van der Waals surface area (Å²) in [5, 5.41) is 6.17. The van der Waals surface area contributed by atoms with Crippen LogP contribution in [0.25, 0.3) is 0 Å². The standard InChI is InChI=1S/C14H20N2O3/c1-2-7-15-11-5-3-4-6-12(11)16-14(17)13-10-18-8-9-19-13/h3-6,13,15H,2,7-10H2,1H3,(H,16,17). The molecule has 19 heavy (non-hydrogen) atoms. The summed E-state index contributed by atoms with van der Waals surface area (Å²) in [6.45, 7) is 4.31. The zero-order chi connectivity index (χ0) is 13.5. The molecule has 0 radical (unpaired) electrons. The second-order valence-electron chi connectivity index (χ2n) is 4.40. The smallest absolute Gasteiger partial charge is 0.255 e. The van der Waals surface area contributed by atoms with Crippen molar-refractivity contribution in [3.05, 3.63) is 24.3 Å². The van der Waals surface area contributed by atoms with Crippen molar-refractivity contribution in [1.29, 1.82) is 0 Å². The largest absolute Gasteiger partial charge is 0.383 e. The predicted molar refractivity (Wildman–Crippen MR) is 74.4 cm³/mol. The molecule has 1 saturated heterocycles. The molecule has 1 amide bonds. The number of hydrogen-bond donors (Lipinski definition) is 2. The molecule has 0 spiro atoms. The van der Waals surface area contributed by atoms with Crippen molar-refractivity contribution in [1.82, 2.24) is 0 Å². The number of nitrogens with one attached hydrogen (secondary N) is 2. The third-order valence-electron chi connectivity index (χ3n) is 2.86. The van der Waals surface area contributed by atoms with E-state index in [1.807, 2.05) is 24.3 Å². The third kappa shape index (κ3) is 3.94. The van der Waals surface area contributed by atoms with Crippen LogP contribution in [0.15, 0.2) is 24.3 Å². The molecule has 2 N–H and O–H groups in total.